The molecule has 0 aliphatic carbocycles. The summed E-state index contributed by atoms with van der Waals surface area (Å²) in [6.07, 6.45) is 3.09. The number of likely N-dealkylation sites (tertiary alicyclic amines) is 1. The van der Waals surface area contributed by atoms with Gasteiger partial charge in [0.05, 0.1) is 6.54 Å². The van der Waals surface area contributed by atoms with E-state index in [2.05, 4.69) is 34.6 Å². The van der Waals surface area contributed by atoms with E-state index < -0.39 is 0 Å². The maximum absolute atomic E-state index is 12.0. The topological polar surface area (TPSA) is 44.4 Å². The quantitative estimate of drug-likeness (QED) is 0.832. The SMILES string of the molecule is CNC1(C)CCN(CC(=O)NCCc2ccccc2)CC1. The largest absolute Gasteiger partial charge is 0.355 e. The van der Waals surface area contributed by atoms with Gasteiger partial charge in [0, 0.05) is 25.2 Å². The van der Waals surface area contributed by atoms with Crippen molar-refractivity contribution in [1.82, 2.24) is 15.5 Å². The monoisotopic (exact) mass is 289 g/mol. The predicted octanol–water partition coefficient (Wildman–Crippen LogP) is 1.42. The first-order valence-electron chi connectivity index (χ1n) is 7.83. The number of hydrogen-bond acceptors (Lipinski definition) is 3. The van der Waals surface area contributed by atoms with Crippen LogP contribution in [0.25, 0.3) is 0 Å². The Labute approximate surface area is 127 Å². The van der Waals surface area contributed by atoms with E-state index in [1.54, 1.807) is 0 Å². The molecule has 1 aromatic rings. The third-order valence-corrected chi connectivity index (χ3v) is 4.51. The Kier molecular flexibility index (Phi) is 5.76. The molecule has 1 saturated heterocycles. The minimum absolute atomic E-state index is 0.138. The molecular weight excluding hydrogens is 262 g/mol. The van der Waals surface area contributed by atoms with Crippen LogP contribution in [0.5, 0.6) is 0 Å². The van der Waals surface area contributed by atoms with Gasteiger partial charge >= 0.3 is 0 Å². The van der Waals surface area contributed by atoms with Crippen molar-refractivity contribution in [2.75, 3.05) is 33.2 Å². The van der Waals surface area contributed by atoms with E-state index in [1.807, 2.05) is 25.2 Å². The van der Waals surface area contributed by atoms with Crippen LogP contribution in [0, 0.1) is 0 Å². The summed E-state index contributed by atoms with van der Waals surface area (Å²) >= 11 is 0. The van der Waals surface area contributed by atoms with Gasteiger partial charge in [-0.05, 0) is 38.8 Å². The average Bonchev–Trinajstić information content (AvgIpc) is 2.51. The number of carbonyl (C=O) groups excluding carboxylic acids is 1. The first-order valence-corrected chi connectivity index (χ1v) is 7.83. The zero-order chi connectivity index (χ0) is 15.1. The lowest BCUT2D eigenvalue weighted by Gasteiger charge is -2.39. The molecule has 0 atom stereocenters. The van der Waals surface area contributed by atoms with Crippen LogP contribution in [-0.4, -0.2) is 49.6 Å². The first-order chi connectivity index (χ1) is 10.1. The minimum Gasteiger partial charge on any atom is -0.355 e. The molecule has 0 bridgehead atoms. The lowest BCUT2D eigenvalue weighted by Crippen LogP contribution is -2.51. The Morgan fingerprint density at radius 2 is 1.90 bits per heavy atom. The summed E-state index contributed by atoms with van der Waals surface area (Å²) in [6, 6.07) is 10.3. The fourth-order valence-electron chi connectivity index (χ4n) is 2.70. The fourth-order valence-corrected chi connectivity index (χ4v) is 2.70. The number of rotatable bonds is 6. The van der Waals surface area contributed by atoms with Crippen LogP contribution >= 0.6 is 0 Å². The van der Waals surface area contributed by atoms with Gasteiger partial charge in [0.2, 0.25) is 5.91 Å². The Morgan fingerprint density at radius 3 is 2.52 bits per heavy atom. The molecule has 21 heavy (non-hydrogen) atoms. The lowest BCUT2D eigenvalue weighted by molar-refractivity contribution is -0.122. The number of benzene rings is 1. The smallest absolute Gasteiger partial charge is 0.234 e. The van der Waals surface area contributed by atoms with E-state index in [9.17, 15) is 4.79 Å². The van der Waals surface area contributed by atoms with Crippen molar-refractivity contribution < 1.29 is 4.79 Å². The molecular formula is C17H27N3O. The molecule has 1 fully saturated rings. The fraction of sp³-hybridized carbons (Fsp3) is 0.588. The molecule has 0 unspecified atom stereocenters. The van der Waals surface area contributed by atoms with Crippen LogP contribution in [0.3, 0.4) is 0 Å². The standard InChI is InChI=1S/C17H27N3O/c1-17(18-2)9-12-20(13-10-17)14-16(21)19-11-8-15-6-4-3-5-7-15/h3-7,18H,8-14H2,1-2H3,(H,19,21). The summed E-state index contributed by atoms with van der Waals surface area (Å²) in [6.45, 7) is 5.47. The van der Waals surface area contributed by atoms with Gasteiger partial charge in [0.15, 0.2) is 0 Å². The van der Waals surface area contributed by atoms with Crippen molar-refractivity contribution in [1.29, 1.82) is 0 Å². The van der Waals surface area contributed by atoms with Gasteiger partial charge in [0.25, 0.3) is 0 Å². The van der Waals surface area contributed by atoms with Crippen molar-refractivity contribution in [3.05, 3.63) is 35.9 Å². The van der Waals surface area contributed by atoms with Crippen LogP contribution in [0.2, 0.25) is 0 Å². The minimum atomic E-state index is 0.138. The molecule has 1 heterocycles. The highest BCUT2D eigenvalue weighted by molar-refractivity contribution is 5.78. The first kappa shape index (κ1) is 16.0. The van der Waals surface area contributed by atoms with Crippen LogP contribution in [0.4, 0.5) is 0 Å². The van der Waals surface area contributed by atoms with E-state index in [1.165, 1.54) is 5.56 Å². The summed E-state index contributed by atoms with van der Waals surface area (Å²) < 4.78 is 0. The van der Waals surface area contributed by atoms with Gasteiger partial charge in [-0.25, -0.2) is 0 Å². The van der Waals surface area contributed by atoms with Crippen LogP contribution < -0.4 is 10.6 Å². The molecule has 1 amide bonds. The molecule has 116 valence electrons. The van der Waals surface area contributed by atoms with E-state index >= 15 is 0 Å². The highest BCUT2D eigenvalue weighted by atomic mass is 16.2. The molecule has 1 aliphatic heterocycles. The normalized spacial score (nSPS) is 18.4. The third kappa shape index (κ3) is 5.14. The van der Waals surface area contributed by atoms with Crippen molar-refractivity contribution in [2.24, 2.45) is 0 Å². The summed E-state index contributed by atoms with van der Waals surface area (Å²) in [5, 5.41) is 6.40. The zero-order valence-corrected chi connectivity index (χ0v) is 13.2. The number of carbonyl (C=O) groups is 1. The summed E-state index contributed by atoms with van der Waals surface area (Å²) in [5.41, 5.74) is 1.50. The van der Waals surface area contributed by atoms with Crippen molar-refractivity contribution >= 4 is 5.91 Å². The Bertz CT molecular complexity index is 439. The second kappa shape index (κ2) is 7.57. The van der Waals surface area contributed by atoms with E-state index in [-0.39, 0.29) is 11.4 Å². The highest BCUT2D eigenvalue weighted by Crippen LogP contribution is 2.20. The van der Waals surface area contributed by atoms with Gasteiger partial charge in [-0.1, -0.05) is 30.3 Å². The van der Waals surface area contributed by atoms with Crippen molar-refractivity contribution in [2.45, 2.75) is 31.7 Å². The molecule has 0 saturated carbocycles. The van der Waals surface area contributed by atoms with Crippen LogP contribution in [0.1, 0.15) is 25.3 Å². The lowest BCUT2D eigenvalue weighted by atomic mass is 9.90. The Morgan fingerprint density at radius 1 is 1.24 bits per heavy atom. The summed E-state index contributed by atoms with van der Waals surface area (Å²) in [4.78, 5) is 14.2. The number of piperidine rings is 1. The number of nitrogens with one attached hydrogen (secondary N) is 2. The maximum atomic E-state index is 12.0. The van der Waals surface area contributed by atoms with Crippen molar-refractivity contribution in [3.8, 4) is 0 Å². The second-order valence-electron chi connectivity index (χ2n) is 6.17. The average molecular weight is 289 g/mol. The Balaban J connectivity index is 1.64. The molecule has 2 N–H and O–H groups in total. The van der Waals surface area contributed by atoms with Gasteiger partial charge in [-0.3, -0.25) is 9.69 Å². The summed E-state index contributed by atoms with van der Waals surface area (Å²) in [7, 11) is 2.02. The van der Waals surface area contributed by atoms with Gasteiger partial charge in [-0.2, -0.15) is 0 Å². The summed E-state index contributed by atoms with van der Waals surface area (Å²) in [5.74, 6) is 0.138. The van der Waals surface area contributed by atoms with E-state index in [0.29, 0.717) is 13.1 Å². The zero-order valence-electron chi connectivity index (χ0n) is 13.2. The van der Waals surface area contributed by atoms with E-state index in [0.717, 1.165) is 32.4 Å². The van der Waals surface area contributed by atoms with Gasteiger partial charge in [0.1, 0.15) is 0 Å². The van der Waals surface area contributed by atoms with Gasteiger partial charge < -0.3 is 10.6 Å². The molecule has 0 radical (unpaired) electrons. The van der Waals surface area contributed by atoms with Crippen molar-refractivity contribution in [3.63, 3.8) is 0 Å². The molecule has 0 aromatic heterocycles. The number of hydrogen-bond donors (Lipinski definition) is 2. The maximum Gasteiger partial charge on any atom is 0.234 e. The van der Waals surface area contributed by atoms with Crippen LogP contribution in [0.15, 0.2) is 30.3 Å². The number of amides is 1. The predicted molar refractivity (Wildman–Crippen MR) is 86.3 cm³/mol. The molecule has 4 nitrogen and oxygen atoms in total. The van der Waals surface area contributed by atoms with E-state index in [4.69, 9.17) is 0 Å². The van der Waals surface area contributed by atoms with Gasteiger partial charge in [-0.15, -0.1) is 0 Å². The molecule has 1 aliphatic rings. The second-order valence-corrected chi connectivity index (χ2v) is 6.17. The Hall–Kier alpha value is -1.39. The molecule has 4 heteroatoms. The third-order valence-electron chi connectivity index (χ3n) is 4.51. The van der Waals surface area contributed by atoms with Crippen LogP contribution in [-0.2, 0) is 11.2 Å². The number of nitrogens with zero attached hydrogens (tertiary/aromatic N) is 1. The highest BCUT2D eigenvalue weighted by Gasteiger charge is 2.28. The molecule has 2 rings (SSSR count). The molecule has 0 spiro atoms. The molecule has 1 aromatic carbocycles.